The molecule has 1 saturated carbocycles. The predicted octanol–water partition coefficient (Wildman–Crippen LogP) is 5.26. The molecule has 2 aromatic carbocycles. The molecule has 5 aromatic rings. The molecule has 1 amide bonds. The smallest absolute Gasteiger partial charge is 0.290 e. The molecule has 2 aliphatic rings. The molecule has 2 fully saturated rings. The number of morpholine rings is 1. The number of hydrogen-bond donors (Lipinski definition) is 4. The van der Waals surface area contributed by atoms with E-state index in [0.29, 0.717) is 23.5 Å². The van der Waals surface area contributed by atoms with E-state index >= 15 is 0 Å². The van der Waals surface area contributed by atoms with Crippen LogP contribution in [0.5, 0.6) is 0 Å². The molecule has 40 heavy (non-hydrogen) atoms. The molecule has 3 aromatic heterocycles. The van der Waals surface area contributed by atoms with Gasteiger partial charge < -0.3 is 20.1 Å². The number of amides is 1. The maximum absolute atomic E-state index is 13.3. The van der Waals surface area contributed by atoms with Crippen molar-refractivity contribution in [3.63, 3.8) is 0 Å². The van der Waals surface area contributed by atoms with E-state index in [4.69, 9.17) is 19.6 Å². The summed E-state index contributed by atoms with van der Waals surface area (Å²) < 4.78 is 6.02. The summed E-state index contributed by atoms with van der Waals surface area (Å²) in [6, 6.07) is 12.8. The molecule has 0 bridgehead atoms. The van der Waals surface area contributed by atoms with E-state index in [9.17, 15) is 4.79 Å². The minimum atomic E-state index is -0.250. The minimum Gasteiger partial charge on any atom is -0.483 e. The van der Waals surface area contributed by atoms with Crippen LogP contribution in [-0.4, -0.2) is 67.8 Å². The fraction of sp³-hybridized carbons (Fsp3) is 0.310. The molecule has 10 nitrogen and oxygen atoms in total. The van der Waals surface area contributed by atoms with Crippen molar-refractivity contribution in [1.29, 1.82) is 0 Å². The zero-order chi connectivity index (χ0) is 27.5. The maximum Gasteiger partial charge on any atom is 0.290 e. The van der Waals surface area contributed by atoms with Gasteiger partial charge in [0.1, 0.15) is 10.7 Å². The van der Waals surface area contributed by atoms with Crippen LogP contribution in [0.3, 0.4) is 0 Å². The number of aromatic amines is 2. The summed E-state index contributed by atoms with van der Waals surface area (Å²) in [6.45, 7) is 2.21. The number of nitrogens with zero attached hydrogens (tertiary/aromatic N) is 3. The molecule has 0 spiro atoms. The lowest BCUT2D eigenvalue weighted by Gasteiger charge is -2.43. The topological polar surface area (TPSA) is 136 Å². The average Bonchev–Trinajstić information content (AvgIpc) is 3.74. The second-order valence-corrected chi connectivity index (χ2v) is 11.0. The number of rotatable bonds is 5. The predicted molar refractivity (Wildman–Crippen MR) is 155 cm³/mol. The molecule has 0 radical (unpaired) electrons. The largest absolute Gasteiger partial charge is 0.483 e. The van der Waals surface area contributed by atoms with Gasteiger partial charge >= 0.3 is 0 Å². The van der Waals surface area contributed by atoms with Crippen LogP contribution in [-0.2, 0) is 16.1 Å². The number of ether oxygens (including phenoxy) is 1. The van der Waals surface area contributed by atoms with Gasteiger partial charge in [-0.15, -0.1) is 11.3 Å². The summed E-state index contributed by atoms with van der Waals surface area (Å²) in [5, 5.41) is 22.1. The highest BCUT2D eigenvalue weighted by atomic mass is 32.1. The lowest BCUT2D eigenvalue weighted by Crippen LogP contribution is -2.52. The van der Waals surface area contributed by atoms with E-state index in [0.717, 1.165) is 64.1 Å². The zero-order valence-electron chi connectivity index (χ0n) is 21.8. The number of benzene rings is 2. The maximum atomic E-state index is 13.3. The summed E-state index contributed by atoms with van der Waals surface area (Å²) in [7, 11) is 0. The van der Waals surface area contributed by atoms with Crippen LogP contribution in [0.2, 0.25) is 0 Å². The SMILES string of the molecule is O=C(Nc1cc(-c2cccc3[nH]ccc23)cc2[nH]ncc12)c1csc(CN2CCOC3CCCCC32)n1.O=CO. The highest BCUT2D eigenvalue weighted by molar-refractivity contribution is 7.09. The number of aromatic nitrogens is 4. The van der Waals surface area contributed by atoms with Crippen molar-refractivity contribution in [2.24, 2.45) is 0 Å². The molecule has 2 atom stereocenters. The molecule has 11 heteroatoms. The molecular formula is C29H30N6O4S. The molecule has 1 aliphatic carbocycles. The van der Waals surface area contributed by atoms with Gasteiger partial charge in [0, 0.05) is 40.5 Å². The van der Waals surface area contributed by atoms with Crippen molar-refractivity contribution in [2.75, 3.05) is 18.5 Å². The first-order chi connectivity index (χ1) is 19.6. The van der Waals surface area contributed by atoms with Crippen LogP contribution in [0, 0.1) is 0 Å². The Morgan fingerprint density at radius 2 is 2.08 bits per heavy atom. The van der Waals surface area contributed by atoms with Crippen molar-refractivity contribution in [3.05, 3.63) is 64.9 Å². The van der Waals surface area contributed by atoms with Gasteiger partial charge in [-0.2, -0.15) is 5.10 Å². The first kappa shape index (κ1) is 26.2. The Bertz CT molecular complexity index is 1640. The van der Waals surface area contributed by atoms with Gasteiger partial charge in [0.2, 0.25) is 0 Å². The van der Waals surface area contributed by atoms with Crippen molar-refractivity contribution in [3.8, 4) is 11.1 Å². The molecule has 1 saturated heterocycles. The average molecular weight is 559 g/mol. The number of carboxylic acid groups (broad SMARTS) is 1. The summed E-state index contributed by atoms with van der Waals surface area (Å²) in [6.07, 6.45) is 8.86. The fourth-order valence-electron chi connectivity index (χ4n) is 5.87. The van der Waals surface area contributed by atoms with Crippen LogP contribution >= 0.6 is 11.3 Å². The third-order valence-electron chi connectivity index (χ3n) is 7.68. The van der Waals surface area contributed by atoms with Crippen molar-refractivity contribution in [2.45, 2.75) is 44.4 Å². The van der Waals surface area contributed by atoms with Gasteiger partial charge in [-0.05, 0) is 48.2 Å². The van der Waals surface area contributed by atoms with Crippen LogP contribution in [0.4, 0.5) is 5.69 Å². The van der Waals surface area contributed by atoms with Gasteiger partial charge in [0.25, 0.3) is 12.4 Å². The lowest BCUT2D eigenvalue weighted by atomic mass is 9.90. The van der Waals surface area contributed by atoms with Crippen LogP contribution < -0.4 is 5.32 Å². The molecule has 4 heterocycles. The Labute approximate surface area is 234 Å². The Balaban J connectivity index is 0.000000925. The fourth-order valence-corrected chi connectivity index (χ4v) is 6.67. The third-order valence-corrected chi connectivity index (χ3v) is 8.52. The van der Waals surface area contributed by atoms with E-state index in [-0.39, 0.29) is 12.4 Å². The number of anilines is 1. The van der Waals surface area contributed by atoms with Crippen LogP contribution in [0.25, 0.3) is 32.9 Å². The van der Waals surface area contributed by atoms with Crippen LogP contribution in [0.1, 0.15) is 41.2 Å². The van der Waals surface area contributed by atoms with E-state index in [1.165, 1.54) is 19.3 Å². The number of fused-ring (bicyclic) bond motifs is 3. The number of H-pyrrole nitrogens is 2. The normalized spacial score (nSPS) is 19.1. The van der Waals surface area contributed by atoms with E-state index in [2.05, 4.69) is 49.7 Å². The highest BCUT2D eigenvalue weighted by Crippen LogP contribution is 2.34. The van der Waals surface area contributed by atoms with E-state index in [1.807, 2.05) is 23.7 Å². The Kier molecular flexibility index (Phi) is 7.58. The number of hydrogen-bond acceptors (Lipinski definition) is 7. The Morgan fingerprint density at radius 3 is 2.98 bits per heavy atom. The van der Waals surface area contributed by atoms with E-state index in [1.54, 1.807) is 17.5 Å². The van der Waals surface area contributed by atoms with Crippen molar-refractivity contribution >= 4 is 51.2 Å². The molecular weight excluding hydrogens is 528 g/mol. The van der Waals surface area contributed by atoms with Crippen molar-refractivity contribution < 1.29 is 19.4 Å². The first-order valence-electron chi connectivity index (χ1n) is 13.4. The van der Waals surface area contributed by atoms with Gasteiger partial charge in [-0.3, -0.25) is 19.6 Å². The summed E-state index contributed by atoms with van der Waals surface area (Å²) in [4.78, 5) is 32.1. The monoisotopic (exact) mass is 558 g/mol. The van der Waals surface area contributed by atoms with Crippen molar-refractivity contribution in [1.82, 2.24) is 25.1 Å². The summed E-state index contributed by atoms with van der Waals surface area (Å²) in [5.41, 5.74) is 5.20. The Hall–Kier alpha value is -4.06. The third kappa shape index (κ3) is 5.23. The number of thiazole rings is 1. The zero-order valence-corrected chi connectivity index (χ0v) is 22.6. The lowest BCUT2D eigenvalue weighted by molar-refractivity contribution is -0.122. The molecule has 4 N–H and O–H groups in total. The molecule has 1 aliphatic heterocycles. The summed E-state index contributed by atoms with van der Waals surface area (Å²) >= 11 is 1.55. The second kappa shape index (κ2) is 11.6. The number of carbonyl (C=O) groups excluding carboxylic acids is 1. The summed E-state index contributed by atoms with van der Waals surface area (Å²) in [5.74, 6) is -0.209. The molecule has 206 valence electrons. The van der Waals surface area contributed by atoms with Gasteiger partial charge in [0.05, 0.1) is 36.7 Å². The highest BCUT2D eigenvalue weighted by Gasteiger charge is 2.34. The minimum absolute atomic E-state index is 0.209. The molecule has 2 unspecified atom stereocenters. The standard InChI is InChI=1S/C28H28N6O2S.CH2O2/c35-28(24-16-37-27(31-24)15-34-10-11-36-26-7-2-1-6-25(26)34)32-22-12-17(13-23-20(22)14-30-33-23)18-4-3-5-21-19(18)8-9-29-21;2-1-3/h3-5,8-9,12-14,16,25-26,29H,1-2,6-7,10-11,15H2,(H,30,33)(H,32,35);1H,(H,2,3). The van der Waals surface area contributed by atoms with Gasteiger partial charge in [-0.1, -0.05) is 25.0 Å². The molecule has 7 rings (SSSR count). The number of nitrogens with one attached hydrogen (secondary N) is 3. The van der Waals surface area contributed by atoms with Gasteiger partial charge in [-0.25, -0.2) is 4.98 Å². The first-order valence-corrected chi connectivity index (χ1v) is 14.3. The number of carbonyl (C=O) groups is 2. The van der Waals surface area contributed by atoms with Gasteiger partial charge in [0.15, 0.2) is 0 Å². The van der Waals surface area contributed by atoms with E-state index < -0.39 is 0 Å². The Morgan fingerprint density at radius 1 is 1.20 bits per heavy atom. The van der Waals surface area contributed by atoms with Crippen LogP contribution in [0.15, 0.2) is 54.2 Å². The quantitative estimate of drug-likeness (QED) is 0.216. The second-order valence-electron chi connectivity index (χ2n) is 10.0.